The zero-order valence-electron chi connectivity index (χ0n) is 15.9. The summed E-state index contributed by atoms with van der Waals surface area (Å²) in [6, 6.07) is 7.27. The first-order valence-corrected chi connectivity index (χ1v) is 10.2. The van der Waals surface area contributed by atoms with E-state index in [1.807, 2.05) is 45.0 Å². The molecule has 0 spiro atoms. The number of anilines is 1. The van der Waals surface area contributed by atoms with E-state index >= 15 is 0 Å². The summed E-state index contributed by atoms with van der Waals surface area (Å²) < 4.78 is 17.4. The molecule has 0 radical (unpaired) electrons. The number of amides is 2. The number of nitrogens with one attached hydrogen (secondary N) is 2. The number of carbonyl (C=O) groups is 1. The third-order valence-electron chi connectivity index (χ3n) is 3.56. The Balaban J connectivity index is 2.35. The molecule has 1 atom stereocenters. The largest absolute Gasteiger partial charge is 0.381 e. The van der Waals surface area contributed by atoms with Crippen molar-refractivity contribution in [3.63, 3.8) is 0 Å². The maximum atomic E-state index is 12.2. The molecule has 2 amide bonds. The molecule has 5 nitrogen and oxygen atoms in total. The van der Waals surface area contributed by atoms with E-state index in [1.54, 1.807) is 0 Å². The Hall–Kier alpha value is -1.40. The SMILES string of the molecule is CCCCOCCCNC(=O)Nc1cccc(CS(=O)C(C)(C)C)c1. The number of ether oxygens (including phenoxy) is 1. The van der Waals surface area contributed by atoms with Gasteiger partial charge in [0.2, 0.25) is 0 Å². The molecule has 6 heteroatoms. The third kappa shape index (κ3) is 9.60. The first kappa shape index (κ1) is 21.6. The first-order valence-electron chi connectivity index (χ1n) is 8.93. The van der Waals surface area contributed by atoms with Crippen LogP contribution in [0.3, 0.4) is 0 Å². The molecule has 1 unspecified atom stereocenters. The van der Waals surface area contributed by atoms with Crippen molar-refractivity contribution in [2.45, 2.75) is 57.5 Å². The summed E-state index contributed by atoms with van der Waals surface area (Å²) in [6.07, 6.45) is 3.00. The minimum atomic E-state index is -0.961. The molecule has 0 saturated carbocycles. The molecule has 0 fully saturated rings. The van der Waals surface area contributed by atoms with Crippen LogP contribution in [0.25, 0.3) is 0 Å². The first-order chi connectivity index (χ1) is 11.8. The van der Waals surface area contributed by atoms with E-state index in [2.05, 4.69) is 17.6 Å². The average molecular weight is 369 g/mol. The van der Waals surface area contributed by atoms with Crippen LogP contribution in [0.5, 0.6) is 0 Å². The molecule has 0 aliphatic heterocycles. The van der Waals surface area contributed by atoms with Gasteiger partial charge in [0.1, 0.15) is 0 Å². The van der Waals surface area contributed by atoms with Crippen molar-refractivity contribution in [1.29, 1.82) is 0 Å². The minimum Gasteiger partial charge on any atom is -0.381 e. The van der Waals surface area contributed by atoms with Crippen LogP contribution >= 0.6 is 0 Å². The Kier molecular flexibility index (Phi) is 9.75. The number of carbonyl (C=O) groups excluding carboxylic acids is 1. The maximum absolute atomic E-state index is 12.2. The van der Waals surface area contributed by atoms with E-state index in [-0.39, 0.29) is 10.8 Å². The van der Waals surface area contributed by atoms with Crippen LogP contribution in [-0.2, 0) is 21.3 Å². The highest BCUT2D eigenvalue weighted by molar-refractivity contribution is 7.85. The van der Waals surface area contributed by atoms with Gasteiger partial charge < -0.3 is 15.4 Å². The van der Waals surface area contributed by atoms with Crippen LogP contribution in [0, 0.1) is 0 Å². The predicted molar refractivity (Wildman–Crippen MR) is 105 cm³/mol. The Labute approximate surface area is 154 Å². The molecular formula is C19H32N2O3S. The topological polar surface area (TPSA) is 67.4 Å². The van der Waals surface area contributed by atoms with Crippen molar-refractivity contribution < 1.29 is 13.7 Å². The Bertz CT molecular complexity index is 556. The van der Waals surface area contributed by atoms with Crippen molar-refractivity contribution in [3.05, 3.63) is 29.8 Å². The van der Waals surface area contributed by atoms with Gasteiger partial charge in [0.15, 0.2) is 0 Å². The van der Waals surface area contributed by atoms with Gasteiger partial charge in [-0.2, -0.15) is 0 Å². The third-order valence-corrected chi connectivity index (χ3v) is 5.52. The fourth-order valence-corrected chi connectivity index (χ4v) is 2.92. The maximum Gasteiger partial charge on any atom is 0.319 e. The average Bonchev–Trinajstić information content (AvgIpc) is 2.53. The lowest BCUT2D eigenvalue weighted by molar-refractivity contribution is 0.129. The molecule has 142 valence electrons. The summed E-state index contributed by atoms with van der Waals surface area (Å²) >= 11 is 0. The zero-order valence-corrected chi connectivity index (χ0v) is 16.7. The van der Waals surface area contributed by atoms with E-state index in [4.69, 9.17) is 4.74 Å². The minimum absolute atomic E-state index is 0.234. The van der Waals surface area contributed by atoms with Crippen LogP contribution in [0.4, 0.5) is 10.5 Å². The van der Waals surface area contributed by atoms with Gasteiger partial charge in [0.25, 0.3) is 0 Å². The van der Waals surface area contributed by atoms with Gasteiger partial charge in [-0.25, -0.2) is 4.79 Å². The quantitative estimate of drug-likeness (QED) is 0.612. The Morgan fingerprint density at radius 2 is 1.92 bits per heavy atom. The summed E-state index contributed by atoms with van der Waals surface area (Å²) in [7, 11) is -0.961. The second-order valence-electron chi connectivity index (χ2n) is 7.00. The van der Waals surface area contributed by atoms with Crippen LogP contribution in [0.1, 0.15) is 52.5 Å². The monoisotopic (exact) mass is 368 g/mol. The predicted octanol–water partition coefficient (Wildman–Crippen LogP) is 4.06. The second kappa shape index (κ2) is 11.3. The van der Waals surface area contributed by atoms with Crippen LogP contribution < -0.4 is 10.6 Å². The van der Waals surface area contributed by atoms with Crippen molar-refractivity contribution in [3.8, 4) is 0 Å². The van der Waals surface area contributed by atoms with Gasteiger partial charge in [-0.15, -0.1) is 0 Å². The summed E-state index contributed by atoms with van der Waals surface area (Å²) in [4.78, 5) is 11.9. The molecule has 25 heavy (non-hydrogen) atoms. The van der Waals surface area contributed by atoms with Crippen molar-refractivity contribution in [2.75, 3.05) is 25.1 Å². The van der Waals surface area contributed by atoms with Crippen LogP contribution in [-0.4, -0.2) is 34.7 Å². The van der Waals surface area contributed by atoms with E-state index in [0.29, 0.717) is 24.6 Å². The number of unbranched alkanes of at least 4 members (excludes halogenated alkanes) is 1. The van der Waals surface area contributed by atoms with Gasteiger partial charge >= 0.3 is 6.03 Å². The highest BCUT2D eigenvalue weighted by Crippen LogP contribution is 2.18. The fraction of sp³-hybridized carbons (Fsp3) is 0.632. The molecule has 0 aromatic heterocycles. The summed E-state index contributed by atoms with van der Waals surface area (Å²) in [5, 5.41) is 5.63. The van der Waals surface area contributed by atoms with Gasteiger partial charge in [0, 0.05) is 46.7 Å². The highest BCUT2D eigenvalue weighted by atomic mass is 32.2. The fourth-order valence-electron chi connectivity index (χ4n) is 2.01. The van der Waals surface area contributed by atoms with Gasteiger partial charge in [0.05, 0.1) is 0 Å². The number of rotatable bonds is 10. The lowest BCUT2D eigenvalue weighted by Gasteiger charge is -2.18. The molecule has 1 aromatic rings. The number of hydrogen-bond donors (Lipinski definition) is 2. The summed E-state index contributed by atoms with van der Waals surface area (Å²) in [6.45, 7) is 10.0. The molecule has 0 aliphatic rings. The number of urea groups is 1. The smallest absolute Gasteiger partial charge is 0.319 e. The molecule has 0 saturated heterocycles. The van der Waals surface area contributed by atoms with E-state index in [0.717, 1.165) is 31.4 Å². The van der Waals surface area contributed by atoms with Gasteiger partial charge in [-0.05, 0) is 51.3 Å². The standard InChI is InChI=1S/C19H32N2O3S/c1-5-6-12-24-13-8-11-20-18(22)21-17-10-7-9-16(14-17)15-25(23)19(2,3)4/h7,9-10,14H,5-6,8,11-13,15H2,1-4H3,(H2,20,21,22). The number of hydrogen-bond acceptors (Lipinski definition) is 3. The molecule has 2 N–H and O–H groups in total. The van der Waals surface area contributed by atoms with Gasteiger partial charge in [-0.1, -0.05) is 25.5 Å². The normalized spacial score (nSPS) is 12.6. The lowest BCUT2D eigenvalue weighted by Crippen LogP contribution is -2.30. The Morgan fingerprint density at radius 3 is 2.60 bits per heavy atom. The van der Waals surface area contributed by atoms with E-state index < -0.39 is 10.8 Å². The van der Waals surface area contributed by atoms with Crippen molar-refractivity contribution >= 4 is 22.5 Å². The molecule has 0 bridgehead atoms. The Morgan fingerprint density at radius 1 is 1.20 bits per heavy atom. The molecule has 1 aromatic carbocycles. The van der Waals surface area contributed by atoms with Crippen molar-refractivity contribution in [2.24, 2.45) is 0 Å². The second-order valence-corrected chi connectivity index (χ2v) is 9.21. The lowest BCUT2D eigenvalue weighted by atomic mass is 10.2. The highest BCUT2D eigenvalue weighted by Gasteiger charge is 2.19. The summed E-state index contributed by atoms with van der Waals surface area (Å²) in [5.74, 6) is 0.482. The summed E-state index contributed by atoms with van der Waals surface area (Å²) in [5.41, 5.74) is 1.66. The van der Waals surface area contributed by atoms with Crippen LogP contribution in [0.2, 0.25) is 0 Å². The van der Waals surface area contributed by atoms with E-state index in [1.165, 1.54) is 0 Å². The molecule has 0 aliphatic carbocycles. The number of benzene rings is 1. The van der Waals surface area contributed by atoms with Crippen LogP contribution in [0.15, 0.2) is 24.3 Å². The van der Waals surface area contributed by atoms with Gasteiger partial charge in [-0.3, -0.25) is 4.21 Å². The molecular weight excluding hydrogens is 336 g/mol. The molecule has 1 rings (SSSR count). The van der Waals surface area contributed by atoms with Crippen molar-refractivity contribution in [1.82, 2.24) is 5.32 Å². The zero-order chi connectivity index (χ0) is 18.7. The van der Waals surface area contributed by atoms with E-state index in [9.17, 15) is 9.00 Å². The molecule has 0 heterocycles.